The van der Waals surface area contributed by atoms with Gasteiger partial charge in [0.05, 0.1) is 11.4 Å². The second-order valence-electron chi connectivity index (χ2n) is 7.15. The zero-order valence-corrected chi connectivity index (χ0v) is 16.6. The smallest absolute Gasteiger partial charge is 0.270 e. The molecule has 1 N–H and O–H groups in total. The van der Waals surface area contributed by atoms with Crippen molar-refractivity contribution in [3.8, 4) is 16.9 Å². The van der Waals surface area contributed by atoms with Crippen molar-refractivity contribution in [1.29, 1.82) is 0 Å². The van der Waals surface area contributed by atoms with Crippen molar-refractivity contribution in [2.24, 2.45) is 0 Å². The largest absolute Gasteiger partial charge is 0.347 e. The lowest BCUT2D eigenvalue weighted by Gasteiger charge is -2.11. The lowest BCUT2D eigenvalue weighted by Crippen LogP contribution is -2.25. The first-order valence-electron chi connectivity index (χ1n) is 9.67. The normalized spacial score (nSPS) is 10.7. The quantitative estimate of drug-likeness (QED) is 0.524. The molecule has 0 spiro atoms. The monoisotopic (exact) mass is 381 g/mol. The van der Waals surface area contributed by atoms with Gasteiger partial charge in [-0.15, -0.1) is 0 Å². The number of hydrogen-bond acceptors (Lipinski definition) is 2. The second-order valence-corrected chi connectivity index (χ2v) is 7.15. The molecule has 0 aliphatic rings. The minimum Gasteiger partial charge on any atom is -0.347 e. The molecule has 0 saturated carbocycles. The van der Waals surface area contributed by atoms with Crippen molar-refractivity contribution in [3.63, 3.8) is 0 Å². The van der Waals surface area contributed by atoms with Gasteiger partial charge < -0.3 is 5.32 Å². The predicted octanol–water partition coefficient (Wildman–Crippen LogP) is 5.09. The minimum absolute atomic E-state index is 0.149. The van der Waals surface area contributed by atoms with E-state index in [0.717, 1.165) is 33.6 Å². The molecule has 1 amide bonds. The van der Waals surface area contributed by atoms with Gasteiger partial charge in [-0.25, -0.2) is 4.68 Å². The topological polar surface area (TPSA) is 46.9 Å². The summed E-state index contributed by atoms with van der Waals surface area (Å²) in [5.74, 6) is -0.149. The van der Waals surface area contributed by atoms with Crippen LogP contribution in [0.1, 0.15) is 27.2 Å². The summed E-state index contributed by atoms with van der Waals surface area (Å²) in [6, 6.07) is 27.9. The number of amides is 1. The average Bonchev–Trinajstić information content (AvgIpc) is 3.20. The summed E-state index contributed by atoms with van der Waals surface area (Å²) in [6.07, 6.45) is 0. The molecule has 0 aliphatic carbocycles. The Balaban J connectivity index is 1.73. The molecular formula is C25H23N3O. The average molecular weight is 381 g/mol. The molecule has 0 bridgehead atoms. The van der Waals surface area contributed by atoms with Crippen LogP contribution in [0.2, 0.25) is 0 Å². The van der Waals surface area contributed by atoms with E-state index in [9.17, 15) is 4.79 Å². The Labute approximate surface area is 170 Å². The molecular weight excluding hydrogens is 358 g/mol. The molecule has 4 rings (SSSR count). The highest BCUT2D eigenvalue weighted by atomic mass is 16.2. The molecule has 1 aromatic heterocycles. The molecule has 0 fully saturated rings. The standard InChI is InChI=1S/C25H23N3O/c1-18-13-14-19(2)23(15-18)28-24(16-22(27-28)21-11-7-4-8-12-21)25(29)26-17-20-9-5-3-6-10-20/h3-16H,17H2,1-2H3,(H,26,29). The molecule has 0 aliphatic heterocycles. The highest BCUT2D eigenvalue weighted by Crippen LogP contribution is 2.24. The van der Waals surface area contributed by atoms with Crippen LogP contribution < -0.4 is 5.32 Å². The molecule has 0 atom stereocenters. The van der Waals surface area contributed by atoms with E-state index in [4.69, 9.17) is 5.10 Å². The summed E-state index contributed by atoms with van der Waals surface area (Å²) in [7, 11) is 0. The summed E-state index contributed by atoms with van der Waals surface area (Å²) < 4.78 is 1.75. The van der Waals surface area contributed by atoms with Gasteiger partial charge in [0.1, 0.15) is 5.69 Å². The van der Waals surface area contributed by atoms with E-state index < -0.39 is 0 Å². The Morgan fingerprint density at radius 1 is 0.897 bits per heavy atom. The summed E-state index contributed by atoms with van der Waals surface area (Å²) in [6.45, 7) is 4.54. The molecule has 29 heavy (non-hydrogen) atoms. The number of carbonyl (C=O) groups excluding carboxylic acids is 1. The zero-order valence-electron chi connectivity index (χ0n) is 16.6. The number of aromatic nitrogens is 2. The summed E-state index contributed by atoms with van der Waals surface area (Å²) >= 11 is 0. The Hall–Kier alpha value is -3.66. The van der Waals surface area contributed by atoms with E-state index in [1.165, 1.54) is 0 Å². The van der Waals surface area contributed by atoms with Crippen LogP contribution >= 0.6 is 0 Å². The van der Waals surface area contributed by atoms with E-state index >= 15 is 0 Å². The van der Waals surface area contributed by atoms with Gasteiger partial charge in [0, 0.05) is 12.1 Å². The molecule has 0 radical (unpaired) electrons. The fraction of sp³-hybridized carbons (Fsp3) is 0.120. The molecule has 0 saturated heterocycles. The Morgan fingerprint density at radius 3 is 2.31 bits per heavy atom. The van der Waals surface area contributed by atoms with Crippen LogP contribution in [0.3, 0.4) is 0 Å². The first-order valence-corrected chi connectivity index (χ1v) is 9.67. The van der Waals surface area contributed by atoms with Crippen LogP contribution in [-0.4, -0.2) is 15.7 Å². The zero-order chi connectivity index (χ0) is 20.2. The van der Waals surface area contributed by atoms with Crippen molar-refractivity contribution in [3.05, 3.63) is 107 Å². The Bertz CT molecular complexity index is 1130. The fourth-order valence-corrected chi connectivity index (χ4v) is 3.29. The number of rotatable bonds is 5. The third-order valence-corrected chi connectivity index (χ3v) is 4.90. The number of nitrogens with zero attached hydrogens (tertiary/aromatic N) is 2. The lowest BCUT2D eigenvalue weighted by atomic mass is 10.1. The highest BCUT2D eigenvalue weighted by Gasteiger charge is 2.18. The van der Waals surface area contributed by atoms with Crippen molar-refractivity contribution < 1.29 is 4.79 Å². The lowest BCUT2D eigenvalue weighted by molar-refractivity contribution is 0.0943. The number of carbonyl (C=O) groups is 1. The maximum atomic E-state index is 13.1. The Morgan fingerprint density at radius 2 is 1.59 bits per heavy atom. The highest BCUT2D eigenvalue weighted by molar-refractivity contribution is 5.94. The third kappa shape index (κ3) is 4.11. The number of hydrogen-bond donors (Lipinski definition) is 1. The van der Waals surface area contributed by atoms with Crippen molar-refractivity contribution in [2.45, 2.75) is 20.4 Å². The van der Waals surface area contributed by atoms with Gasteiger partial charge in [-0.3, -0.25) is 4.79 Å². The molecule has 3 aromatic carbocycles. The van der Waals surface area contributed by atoms with Crippen LogP contribution in [0.4, 0.5) is 0 Å². The summed E-state index contributed by atoms with van der Waals surface area (Å²) in [5.41, 5.74) is 6.44. The van der Waals surface area contributed by atoms with E-state index in [2.05, 4.69) is 23.5 Å². The van der Waals surface area contributed by atoms with Gasteiger partial charge >= 0.3 is 0 Å². The maximum Gasteiger partial charge on any atom is 0.270 e. The van der Waals surface area contributed by atoms with Crippen LogP contribution in [0, 0.1) is 13.8 Å². The van der Waals surface area contributed by atoms with Crippen LogP contribution in [0.5, 0.6) is 0 Å². The van der Waals surface area contributed by atoms with Crippen molar-refractivity contribution >= 4 is 5.91 Å². The van der Waals surface area contributed by atoms with Gasteiger partial charge in [-0.2, -0.15) is 5.10 Å². The van der Waals surface area contributed by atoms with E-state index in [1.54, 1.807) is 4.68 Å². The van der Waals surface area contributed by atoms with E-state index in [1.807, 2.05) is 80.6 Å². The van der Waals surface area contributed by atoms with Crippen LogP contribution in [0.15, 0.2) is 84.9 Å². The first kappa shape index (κ1) is 18.7. The van der Waals surface area contributed by atoms with Crippen LogP contribution in [-0.2, 0) is 6.54 Å². The molecule has 1 heterocycles. The molecule has 4 nitrogen and oxygen atoms in total. The van der Waals surface area contributed by atoms with Gasteiger partial charge in [0.25, 0.3) is 5.91 Å². The van der Waals surface area contributed by atoms with Gasteiger partial charge in [0.2, 0.25) is 0 Å². The second kappa shape index (κ2) is 8.15. The molecule has 144 valence electrons. The summed E-state index contributed by atoms with van der Waals surface area (Å²) in [5, 5.41) is 7.81. The molecule has 4 aromatic rings. The number of aryl methyl sites for hydroxylation is 2. The Kier molecular flexibility index (Phi) is 5.25. The van der Waals surface area contributed by atoms with Crippen molar-refractivity contribution in [1.82, 2.24) is 15.1 Å². The minimum atomic E-state index is -0.149. The third-order valence-electron chi connectivity index (χ3n) is 4.90. The fourth-order valence-electron chi connectivity index (χ4n) is 3.29. The number of benzene rings is 3. The van der Waals surface area contributed by atoms with E-state index in [0.29, 0.717) is 12.2 Å². The maximum absolute atomic E-state index is 13.1. The molecule has 4 heteroatoms. The van der Waals surface area contributed by atoms with Gasteiger partial charge in [0.15, 0.2) is 0 Å². The molecule has 0 unspecified atom stereocenters. The predicted molar refractivity (Wildman–Crippen MR) is 116 cm³/mol. The summed E-state index contributed by atoms with van der Waals surface area (Å²) in [4.78, 5) is 13.1. The van der Waals surface area contributed by atoms with Crippen LogP contribution in [0.25, 0.3) is 16.9 Å². The first-order chi connectivity index (χ1) is 14.1. The SMILES string of the molecule is Cc1ccc(C)c(-n2nc(-c3ccccc3)cc2C(=O)NCc2ccccc2)c1. The number of nitrogens with one attached hydrogen (secondary N) is 1. The van der Waals surface area contributed by atoms with E-state index in [-0.39, 0.29) is 5.91 Å². The van der Waals surface area contributed by atoms with Crippen molar-refractivity contribution in [2.75, 3.05) is 0 Å². The van der Waals surface area contributed by atoms with Gasteiger partial charge in [-0.05, 0) is 42.7 Å². The van der Waals surface area contributed by atoms with Gasteiger partial charge in [-0.1, -0.05) is 72.8 Å².